The average molecular weight is 656 g/mol. The van der Waals surface area contributed by atoms with E-state index in [9.17, 15) is 0 Å². The molecule has 0 unspecified atom stereocenters. The average Bonchev–Trinajstić information content (AvgIpc) is 3.55. The van der Waals surface area contributed by atoms with Gasteiger partial charge in [-0.1, -0.05) is 113 Å². The summed E-state index contributed by atoms with van der Waals surface area (Å²) in [7, 11) is 2.49. The van der Waals surface area contributed by atoms with Crippen molar-refractivity contribution in [1.82, 2.24) is 9.55 Å². The highest BCUT2D eigenvalue weighted by molar-refractivity contribution is 6.73. The summed E-state index contributed by atoms with van der Waals surface area (Å²) in [6, 6.07) is 28.7. The Morgan fingerprint density at radius 1 is 0.540 bits per heavy atom. The number of hydrogen-bond donors (Lipinski definition) is 1. The topological polar surface area (TPSA) is 20.7 Å². The van der Waals surface area contributed by atoms with Gasteiger partial charge in [-0.3, -0.25) is 0 Å². The third kappa shape index (κ3) is 4.98. The van der Waals surface area contributed by atoms with E-state index in [1.165, 1.54) is 99.2 Å². The van der Waals surface area contributed by atoms with E-state index in [1.54, 1.807) is 0 Å². The van der Waals surface area contributed by atoms with Gasteiger partial charge in [-0.15, -0.1) is 0 Å². The van der Waals surface area contributed by atoms with Gasteiger partial charge < -0.3 is 9.55 Å². The predicted octanol–water partition coefficient (Wildman–Crippen LogP) is 11.6. The molecule has 2 nitrogen and oxygen atoms in total. The molecule has 0 saturated heterocycles. The molecule has 1 N–H and O–H groups in total. The number of hydrogen-bond acceptors (Lipinski definition) is 0. The highest BCUT2D eigenvalue weighted by Gasteiger charge is 2.30. The van der Waals surface area contributed by atoms with Crippen molar-refractivity contribution in [2.24, 2.45) is 0 Å². The van der Waals surface area contributed by atoms with Crippen LogP contribution in [0.2, 0.25) is 0 Å². The second kappa shape index (κ2) is 10.4. The summed E-state index contributed by atoms with van der Waals surface area (Å²) in [6.45, 7) is 30.2. The monoisotopic (exact) mass is 655 g/mol. The van der Waals surface area contributed by atoms with Crippen LogP contribution in [0.15, 0.2) is 72.8 Å². The minimum atomic E-state index is -0.0115. The second-order valence-corrected chi connectivity index (χ2v) is 19.2. The standard InChI is InChI=1S/C47H52BN2/c1-26-14-18-39-41(40(26)35-24-29(46(8,9)10)22-33-31-20-27(44(2,3)4)15-17-37(31)49-42(33)35)48-36-25-30(47(11,12)13)23-34-32-21-28(45(5,6)7)16-19-38(32)50(39)43(34)36/h14-25,49H,1-13H3. The summed E-state index contributed by atoms with van der Waals surface area (Å²) < 4.78 is 2.56. The van der Waals surface area contributed by atoms with Gasteiger partial charge in [-0.05, 0) is 116 Å². The minimum absolute atomic E-state index is 0.0115. The Kier molecular flexibility index (Phi) is 6.86. The van der Waals surface area contributed by atoms with Gasteiger partial charge in [0.1, 0.15) is 0 Å². The van der Waals surface area contributed by atoms with Crippen molar-refractivity contribution in [3.8, 4) is 16.8 Å². The molecule has 7 aromatic rings. The van der Waals surface area contributed by atoms with Crippen molar-refractivity contribution in [1.29, 1.82) is 0 Å². The van der Waals surface area contributed by atoms with E-state index in [-0.39, 0.29) is 21.7 Å². The lowest BCUT2D eigenvalue weighted by Gasteiger charge is -2.28. The predicted molar refractivity (Wildman–Crippen MR) is 220 cm³/mol. The lowest BCUT2D eigenvalue weighted by atomic mass is 9.58. The maximum absolute atomic E-state index is 3.93. The van der Waals surface area contributed by atoms with Gasteiger partial charge in [0.2, 0.25) is 0 Å². The molecule has 5 aromatic carbocycles. The molecule has 50 heavy (non-hydrogen) atoms. The van der Waals surface area contributed by atoms with Crippen LogP contribution in [0.25, 0.3) is 60.4 Å². The Balaban J connectivity index is 1.49. The van der Waals surface area contributed by atoms with Crippen molar-refractivity contribution in [2.75, 3.05) is 0 Å². The fourth-order valence-electron chi connectivity index (χ4n) is 8.11. The molecule has 1 radical (unpaired) electrons. The summed E-state index contributed by atoms with van der Waals surface area (Å²) in [6.07, 6.45) is 0. The lowest BCUT2D eigenvalue weighted by molar-refractivity contribution is 0.590. The third-order valence-corrected chi connectivity index (χ3v) is 11.3. The number of H-pyrrole nitrogens is 1. The van der Waals surface area contributed by atoms with Crippen LogP contribution < -0.4 is 10.9 Å². The molecule has 3 heteroatoms. The summed E-state index contributed by atoms with van der Waals surface area (Å²) >= 11 is 0. The maximum atomic E-state index is 3.93. The lowest BCUT2D eigenvalue weighted by Crippen LogP contribution is -2.38. The van der Waals surface area contributed by atoms with Crippen LogP contribution in [-0.2, 0) is 21.7 Å². The van der Waals surface area contributed by atoms with Crippen LogP contribution >= 0.6 is 0 Å². The summed E-state index contributed by atoms with van der Waals surface area (Å²) in [5.41, 5.74) is 18.4. The molecule has 0 saturated carbocycles. The van der Waals surface area contributed by atoms with Gasteiger partial charge in [0.25, 0.3) is 0 Å². The molecule has 3 heterocycles. The highest BCUT2D eigenvalue weighted by Crippen LogP contribution is 2.42. The van der Waals surface area contributed by atoms with E-state index in [0.29, 0.717) is 0 Å². The van der Waals surface area contributed by atoms with Gasteiger partial charge in [-0.2, -0.15) is 0 Å². The number of rotatable bonds is 1. The first kappa shape index (κ1) is 32.9. The van der Waals surface area contributed by atoms with E-state index in [0.717, 1.165) is 0 Å². The van der Waals surface area contributed by atoms with Gasteiger partial charge in [0.15, 0.2) is 7.28 Å². The third-order valence-electron chi connectivity index (χ3n) is 11.3. The largest absolute Gasteiger partial charge is 0.354 e. The van der Waals surface area contributed by atoms with E-state index < -0.39 is 0 Å². The molecule has 1 aliphatic heterocycles. The number of aromatic nitrogens is 2. The molecule has 0 aliphatic carbocycles. The number of aromatic amines is 1. The molecule has 1 aliphatic rings. The Morgan fingerprint density at radius 2 is 1.10 bits per heavy atom. The fourth-order valence-corrected chi connectivity index (χ4v) is 8.11. The van der Waals surface area contributed by atoms with E-state index in [1.807, 2.05) is 0 Å². The van der Waals surface area contributed by atoms with E-state index in [2.05, 4.69) is 180 Å². The molecule has 0 fully saturated rings. The molecule has 2 aromatic heterocycles. The zero-order chi connectivity index (χ0) is 35.9. The Morgan fingerprint density at radius 3 is 1.74 bits per heavy atom. The van der Waals surface area contributed by atoms with Gasteiger partial charge in [0, 0.05) is 43.8 Å². The van der Waals surface area contributed by atoms with E-state index >= 15 is 0 Å². The van der Waals surface area contributed by atoms with Crippen molar-refractivity contribution < 1.29 is 0 Å². The van der Waals surface area contributed by atoms with Gasteiger partial charge in [0.05, 0.1) is 11.0 Å². The quantitative estimate of drug-likeness (QED) is 0.170. The van der Waals surface area contributed by atoms with Crippen molar-refractivity contribution in [2.45, 2.75) is 112 Å². The molecular weight excluding hydrogens is 603 g/mol. The van der Waals surface area contributed by atoms with Crippen LogP contribution in [0.1, 0.15) is 111 Å². The Labute approximate surface area is 299 Å². The van der Waals surface area contributed by atoms with Crippen LogP contribution in [0, 0.1) is 6.92 Å². The summed E-state index contributed by atoms with van der Waals surface area (Å²) in [5.74, 6) is 0. The zero-order valence-corrected chi connectivity index (χ0v) is 32.5. The molecule has 8 rings (SSSR count). The molecule has 253 valence electrons. The molecule has 0 atom stereocenters. The number of fused-ring (bicyclic) bond motifs is 8. The highest BCUT2D eigenvalue weighted by atomic mass is 15.0. The van der Waals surface area contributed by atoms with Crippen LogP contribution in [0.4, 0.5) is 0 Å². The molecule has 0 spiro atoms. The van der Waals surface area contributed by atoms with E-state index in [4.69, 9.17) is 0 Å². The molecular formula is C47H52BN2. The van der Waals surface area contributed by atoms with Crippen molar-refractivity contribution in [3.05, 3.63) is 101 Å². The number of benzene rings is 5. The Hall–Kier alpha value is -4.24. The second-order valence-electron chi connectivity index (χ2n) is 19.2. The minimum Gasteiger partial charge on any atom is -0.354 e. The fraction of sp³-hybridized carbons (Fsp3) is 0.362. The molecule has 0 amide bonds. The van der Waals surface area contributed by atoms with Crippen molar-refractivity contribution >= 4 is 61.8 Å². The first-order valence-corrected chi connectivity index (χ1v) is 18.4. The first-order chi connectivity index (χ1) is 23.2. The van der Waals surface area contributed by atoms with Crippen molar-refractivity contribution in [3.63, 3.8) is 0 Å². The van der Waals surface area contributed by atoms with Crippen LogP contribution in [0.5, 0.6) is 0 Å². The SMILES string of the molecule is Cc1ccc2c(c1-c1cc(C(C)(C)C)cc3c1[nH]c1ccc(C(C)(C)C)cc13)[B]c1cc(C(C)(C)C)cc3c4cc(C(C)(C)C)ccc4n-2c13. The zero-order valence-electron chi connectivity index (χ0n) is 32.5. The summed E-state index contributed by atoms with van der Waals surface area (Å²) in [4.78, 5) is 3.93. The molecule has 0 bridgehead atoms. The number of nitrogens with zero attached hydrogens (tertiary/aromatic N) is 1. The maximum Gasteiger partial charge on any atom is 0.197 e. The Bertz CT molecular complexity index is 2540. The normalized spacial score (nSPS) is 13.9. The van der Waals surface area contributed by atoms with Crippen LogP contribution in [-0.4, -0.2) is 16.8 Å². The smallest absolute Gasteiger partial charge is 0.197 e. The van der Waals surface area contributed by atoms with Gasteiger partial charge in [-0.25, -0.2) is 0 Å². The first-order valence-electron chi connectivity index (χ1n) is 18.4. The van der Waals surface area contributed by atoms with Gasteiger partial charge >= 0.3 is 0 Å². The van der Waals surface area contributed by atoms with Crippen LogP contribution in [0.3, 0.4) is 0 Å². The number of nitrogens with one attached hydrogen (secondary N) is 1. The number of aryl methyl sites for hydroxylation is 1. The summed E-state index contributed by atoms with van der Waals surface area (Å²) in [5, 5.41) is 5.30.